The number of hydrogen-bond donors (Lipinski definition) is 1. The van der Waals surface area contributed by atoms with Crippen molar-refractivity contribution in [1.29, 1.82) is 0 Å². The average molecular weight is 444 g/mol. The molecule has 3 aromatic carbocycles. The van der Waals surface area contributed by atoms with Crippen LogP contribution in [0, 0.1) is 0 Å². The summed E-state index contributed by atoms with van der Waals surface area (Å²) in [6.45, 7) is 4.71. The summed E-state index contributed by atoms with van der Waals surface area (Å²) in [5.74, 6) is 0.619. The zero-order valence-electron chi connectivity index (χ0n) is 18.3. The quantitative estimate of drug-likeness (QED) is 0.342. The largest absolute Gasteiger partial charge is 0.344 e. The van der Waals surface area contributed by atoms with Crippen molar-refractivity contribution in [3.63, 3.8) is 0 Å². The molecule has 0 spiro atoms. The molecule has 1 amide bonds. The third-order valence-electron chi connectivity index (χ3n) is 5.54. The number of nitrogens with one attached hydrogen (secondary N) is 1. The molecular formula is C27H26ClN3O. The van der Waals surface area contributed by atoms with Gasteiger partial charge in [-0.1, -0.05) is 91.3 Å². The molecule has 0 aliphatic rings. The summed E-state index contributed by atoms with van der Waals surface area (Å²) < 4.78 is 1.98. The molecule has 0 bridgehead atoms. The average Bonchev–Trinajstić information content (AvgIpc) is 3.23. The van der Waals surface area contributed by atoms with Gasteiger partial charge in [-0.25, -0.2) is 4.98 Å². The van der Waals surface area contributed by atoms with Crippen LogP contribution in [-0.4, -0.2) is 15.5 Å². The van der Waals surface area contributed by atoms with Crippen LogP contribution < -0.4 is 5.32 Å². The summed E-state index contributed by atoms with van der Waals surface area (Å²) >= 11 is 6.28. The first-order valence-electron chi connectivity index (χ1n) is 10.9. The third kappa shape index (κ3) is 4.46. The maximum Gasteiger partial charge on any atom is 0.270 e. The lowest BCUT2D eigenvalue weighted by Gasteiger charge is -2.19. The Morgan fingerprint density at radius 2 is 1.59 bits per heavy atom. The zero-order valence-corrected chi connectivity index (χ0v) is 19.0. The first-order valence-corrected chi connectivity index (χ1v) is 11.3. The molecule has 0 aliphatic carbocycles. The van der Waals surface area contributed by atoms with Gasteiger partial charge in [0.15, 0.2) is 0 Å². The minimum atomic E-state index is -0.146. The van der Waals surface area contributed by atoms with Crippen LogP contribution in [0.3, 0.4) is 0 Å². The topological polar surface area (TPSA) is 46.9 Å². The first-order chi connectivity index (χ1) is 15.6. The van der Waals surface area contributed by atoms with E-state index in [9.17, 15) is 4.79 Å². The number of carbonyl (C=O) groups excluding carboxylic acids is 1. The smallest absolute Gasteiger partial charge is 0.270 e. The molecule has 0 aliphatic heterocycles. The van der Waals surface area contributed by atoms with Crippen LogP contribution >= 0.6 is 11.6 Å². The zero-order chi connectivity index (χ0) is 22.5. The maximum atomic E-state index is 13.7. The number of nitrogens with zero attached hydrogens (tertiary/aromatic N) is 2. The molecule has 4 rings (SSSR count). The summed E-state index contributed by atoms with van der Waals surface area (Å²) in [6, 6.07) is 27.4. The van der Waals surface area contributed by atoms with Gasteiger partial charge in [0, 0.05) is 22.7 Å². The first kappa shape index (κ1) is 21.8. The highest BCUT2D eigenvalue weighted by Gasteiger charge is 2.26. The van der Waals surface area contributed by atoms with E-state index >= 15 is 0 Å². The Hall–Kier alpha value is -3.37. The van der Waals surface area contributed by atoms with Crippen LogP contribution in [-0.2, 0) is 6.54 Å². The number of amides is 1. The predicted molar refractivity (Wildman–Crippen MR) is 131 cm³/mol. The number of carbonyl (C=O) groups is 1. The van der Waals surface area contributed by atoms with E-state index in [-0.39, 0.29) is 11.9 Å². The molecule has 4 aromatic rings. The van der Waals surface area contributed by atoms with Gasteiger partial charge < -0.3 is 9.88 Å². The van der Waals surface area contributed by atoms with Crippen LogP contribution in [0.4, 0.5) is 0 Å². The van der Waals surface area contributed by atoms with Crippen molar-refractivity contribution in [3.05, 3.63) is 101 Å². The summed E-state index contributed by atoms with van der Waals surface area (Å²) in [6.07, 6.45) is 0.786. The SMILES string of the molecule is CCC(NC(=O)c1c(-c2cccc(Cl)c2)nc(-c2ccccc2)n1CC)c1ccccc1. The normalized spacial score (nSPS) is 11.8. The molecule has 0 saturated carbocycles. The van der Waals surface area contributed by atoms with Crippen molar-refractivity contribution in [2.75, 3.05) is 0 Å². The minimum absolute atomic E-state index is 0.0868. The Balaban J connectivity index is 1.83. The van der Waals surface area contributed by atoms with E-state index in [1.54, 1.807) is 0 Å². The minimum Gasteiger partial charge on any atom is -0.344 e. The fourth-order valence-corrected chi connectivity index (χ4v) is 4.16. The molecular weight excluding hydrogens is 418 g/mol. The van der Waals surface area contributed by atoms with Crippen LogP contribution in [0.25, 0.3) is 22.6 Å². The molecule has 1 N–H and O–H groups in total. The van der Waals surface area contributed by atoms with E-state index in [0.29, 0.717) is 23.0 Å². The lowest BCUT2D eigenvalue weighted by molar-refractivity contribution is 0.0927. The molecule has 0 fully saturated rings. The van der Waals surface area contributed by atoms with Crippen LogP contribution in [0.1, 0.15) is 42.4 Å². The standard InChI is InChI=1S/C27H26ClN3O/c1-3-23(19-12-7-5-8-13-19)29-27(32)25-24(21-16-11-17-22(28)18-21)30-26(31(25)4-2)20-14-9-6-10-15-20/h5-18,23H,3-4H2,1-2H3,(H,29,32). The second kappa shape index (κ2) is 9.84. The van der Waals surface area contributed by atoms with E-state index in [2.05, 4.69) is 12.2 Å². The Kier molecular flexibility index (Phi) is 6.72. The highest BCUT2D eigenvalue weighted by atomic mass is 35.5. The van der Waals surface area contributed by atoms with Gasteiger partial charge in [0.2, 0.25) is 0 Å². The molecule has 0 saturated heterocycles. The Labute approximate surface area is 193 Å². The van der Waals surface area contributed by atoms with Gasteiger partial charge >= 0.3 is 0 Å². The number of halogens is 1. The summed E-state index contributed by atoms with van der Waals surface area (Å²) in [5, 5.41) is 3.84. The second-order valence-corrected chi connectivity index (χ2v) is 8.03. The van der Waals surface area contributed by atoms with Crippen LogP contribution in [0.5, 0.6) is 0 Å². The fourth-order valence-electron chi connectivity index (χ4n) is 3.97. The Bertz CT molecular complexity index is 1200. The van der Waals surface area contributed by atoms with E-state index in [1.807, 2.05) is 96.4 Å². The van der Waals surface area contributed by atoms with Crippen molar-refractivity contribution >= 4 is 17.5 Å². The van der Waals surface area contributed by atoms with Gasteiger partial charge in [-0.05, 0) is 31.0 Å². The third-order valence-corrected chi connectivity index (χ3v) is 5.78. The fraction of sp³-hybridized carbons (Fsp3) is 0.185. The molecule has 1 heterocycles. The van der Waals surface area contributed by atoms with Gasteiger partial charge in [-0.15, -0.1) is 0 Å². The number of imidazole rings is 1. The predicted octanol–water partition coefficient (Wildman–Crippen LogP) is 6.77. The van der Waals surface area contributed by atoms with Crippen molar-refractivity contribution in [3.8, 4) is 22.6 Å². The van der Waals surface area contributed by atoms with Gasteiger partial charge in [0.05, 0.1) is 6.04 Å². The molecule has 1 aromatic heterocycles. The number of aromatic nitrogens is 2. The van der Waals surface area contributed by atoms with Crippen LogP contribution in [0.15, 0.2) is 84.9 Å². The van der Waals surface area contributed by atoms with Gasteiger partial charge in [-0.2, -0.15) is 0 Å². The Morgan fingerprint density at radius 1 is 0.938 bits per heavy atom. The lowest BCUT2D eigenvalue weighted by Crippen LogP contribution is -2.30. The molecule has 1 atom stereocenters. The number of benzene rings is 3. The molecule has 32 heavy (non-hydrogen) atoms. The van der Waals surface area contributed by atoms with Crippen molar-refractivity contribution in [2.45, 2.75) is 32.9 Å². The van der Waals surface area contributed by atoms with Gasteiger partial charge in [0.25, 0.3) is 5.91 Å². The highest BCUT2D eigenvalue weighted by molar-refractivity contribution is 6.30. The monoisotopic (exact) mass is 443 g/mol. The van der Waals surface area contributed by atoms with Gasteiger partial charge in [-0.3, -0.25) is 4.79 Å². The highest BCUT2D eigenvalue weighted by Crippen LogP contribution is 2.31. The van der Waals surface area contributed by atoms with Crippen molar-refractivity contribution in [2.24, 2.45) is 0 Å². The van der Waals surface area contributed by atoms with Crippen molar-refractivity contribution in [1.82, 2.24) is 14.9 Å². The van der Waals surface area contributed by atoms with E-state index < -0.39 is 0 Å². The number of rotatable bonds is 7. The molecule has 1 unspecified atom stereocenters. The summed E-state index contributed by atoms with van der Waals surface area (Å²) in [7, 11) is 0. The summed E-state index contributed by atoms with van der Waals surface area (Å²) in [4.78, 5) is 18.6. The Morgan fingerprint density at radius 3 is 2.22 bits per heavy atom. The number of hydrogen-bond acceptors (Lipinski definition) is 2. The second-order valence-electron chi connectivity index (χ2n) is 7.60. The molecule has 4 nitrogen and oxygen atoms in total. The van der Waals surface area contributed by atoms with E-state index in [1.165, 1.54) is 0 Å². The maximum absolute atomic E-state index is 13.7. The van der Waals surface area contributed by atoms with Crippen LogP contribution in [0.2, 0.25) is 5.02 Å². The molecule has 5 heteroatoms. The molecule has 162 valence electrons. The molecule has 0 radical (unpaired) electrons. The van der Waals surface area contributed by atoms with Crippen molar-refractivity contribution < 1.29 is 4.79 Å². The summed E-state index contributed by atoms with van der Waals surface area (Å²) in [5.41, 5.74) is 4.04. The van der Waals surface area contributed by atoms with Gasteiger partial charge in [0.1, 0.15) is 17.2 Å². The van der Waals surface area contributed by atoms with E-state index in [4.69, 9.17) is 16.6 Å². The van der Waals surface area contributed by atoms with E-state index in [0.717, 1.165) is 28.9 Å². The lowest BCUT2D eigenvalue weighted by atomic mass is 10.0.